The van der Waals surface area contributed by atoms with E-state index in [0.29, 0.717) is 30.1 Å². The minimum Gasteiger partial charge on any atom is -0.396 e. The van der Waals surface area contributed by atoms with Gasteiger partial charge in [0.2, 0.25) is 0 Å². The maximum absolute atomic E-state index is 12.3. The van der Waals surface area contributed by atoms with Crippen molar-refractivity contribution in [2.24, 2.45) is 17.8 Å². The lowest BCUT2D eigenvalue weighted by Crippen LogP contribution is -2.32. The van der Waals surface area contributed by atoms with Gasteiger partial charge in [-0.15, -0.1) is 0 Å². The number of hydrogen-bond acceptors (Lipinski definition) is 4. The van der Waals surface area contributed by atoms with Gasteiger partial charge < -0.3 is 15.0 Å². The Morgan fingerprint density at radius 3 is 2.76 bits per heavy atom. The highest BCUT2D eigenvalue weighted by Gasteiger charge is 2.24. The molecule has 2 N–H and O–H groups in total. The minimum absolute atomic E-state index is 0.0532. The first-order valence-electron chi connectivity index (χ1n) is 8.02. The Kier molecular flexibility index (Phi) is 5.79. The van der Waals surface area contributed by atoms with Crippen molar-refractivity contribution >= 4 is 5.82 Å². The predicted octanol–water partition coefficient (Wildman–Crippen LogP) is 2.11. The quantitative estimate of drug-likeness (QED) is 0.843. The lowest BCUT2D eigenvalue weighted by atomic mass is 9.79. The summed E-state index contributed by atoms with van der Waals surface area (Å²) in [6, 6.07) is 0. The Balaban J connectivity index is 2.01. The molecule has 1 aromatic heterocycles. The molecular weight excluding hydrogens is 266 g/mol. The van der Waals surface area contributed by atoms with E-state index in [2.05, 4.69) is 24.1 Å². The third-order valence-corrected chi connectivity index (χ3v) is 4.31. The molecule has 21 heavy (non-hydrogen) atoms. The van der Waals surface area contributed by atoms with E-state index in [1.807, 2.05) is 0 Å². The van der Waals surface area contributed by atoms with Crippen LogP contribution in [0, 0.1) is 17.8 Å². The Labute approximate surface area is 126 Å². The summed E-state index contributed by atoms with van der Waals surface area (Å²) in [4.78, 5) is 16.5. The van der Waals surface area contributed by atoms with E-state index in [0.717, 1.165) is 19.4 Å². The molecule has 2 atom stereocenters. The number of hydrogen-bond donors (Lipinski definition) is 2. The molecule has 1 aromatic rings. The Morgan fingerprint density at radius 1 is 1.38 bits per heavy atom. The van der Waals surface area contributed by atoms with E-state index < -0.39 is 0 Å². The molecule has 0 amide bonds. The monoisotopic (exact) mass is 293 g/mol. The number of rotatable bonds is 6. The zero-order valence-corrected chi connectivity index (χ0v) is 13.1. The molecule has 0 spiro atoms. The summed E-state index contributed by atoms with van der Waals surface area (Å²) in [6.45, 7) is 5.85. The van der Waals surface area contributed by atoms with Crippen molar-refractivity contribution in [3.8, 4) is 0 Å². The van der Waals surface area contributed by atoms with Crippen LogP contribution in [0.3, 0.4) is 0 Å². The molecule has 5 nitrogen and oxygen atoms in total. The summed E-state index contributed by atoms with van der Waals surface area (Å²) in [5.74, 6) is 1.65. The van der Waals surface area contributed by atoms with Crippen LogP contribution in [-0.2, 0) is 6.54 Å². The second-order valence-electron chi connectivity index (χ2n) is 6.50. The average Bonchev–Trinajstić information content (AvgIpc) is 2.48. The maximum Gasteiger partial charge on any atom is 0.293 e. The normalized spacial score (nSPS) is 22.5. The van der Waals surface area contributed by atoms with Crippen molar-refractivity contribution in [3.05, 3.63) is 22.7 Å². The van der Waals surface area contributed by atoms with Crippen molar-refractivity contribution in [3.63, 3.8) is 0 Å². The topological polar surface area (TPSA) is 67.2 Å². The van der Waals surface area contributed by atoms with Crippen LogP contribution in [0.4, 0.5) is 5.82 Å². The number of anilines is 1. The maximum atomic E-state index is 12.3. The van der Waals surface area contributed by atoms with Gasteiger partial charge >= 0.3 is 0 Å². The predicted molar refractivity (Wildman–Crippen MR) is 84.4 cm³/mol. The second-order valence-corrected chi connectivity index (χ2v) is 6.50. The summed E-state index contributed by atoms with van der Waals surface area (Å²) < 4.78 is 1.71. The fraction of sp³-hybridized carbons (Fsp3) is 0.750. The third kappa shape index (κ3) is 4.30. The number of aliphatic hydroxyl groups excluding tert-OH is 1. The molecule has 1 saturated carbocycles. The van der Waals surface area contributed by atoms with Crippen LogP contribution in [0.25, 0.3) is 0 Å². The molecule has 5 heteroatoms. The van der Waals surface area contributed by atoms with Crippen LogP contribution in [0.5, 0.6) is 0 Å². The lowest BCUT2D eigenvalue weighted by molar-refractivity contribution is 0.141. The smallest absolute Gasteiger partial charge is 0.293 e. The van der Waals surface area contributed by atoms with E-state index in [4.69, 9.17) is 0 Å². The molecule has 0 aliphatic heterocycles. The van der Waals surface area contributed by atoms with Gasteiger partial charge in [-0.3, -0.25) is 4.79 Å². The first-order chi connectivity index (χ1) is 10.1. The van der Waals surface area contributed by atoms with Gasteiger partial charge in [-0.25, -0.2) is 4.98 Å². The molecule has 1 heterocycles. The number of nitrogens with zero attached hydrogens (tertiary/aromatic N) is 2. The first kappa shape index (κ1) is 16.0. The van der Waals surface area contributed by atoms with Crippen molar-refractivity contribution in [1.82, 2.24) is 9.55 Å². The van der Waals surface area contributed by atoms with Gasteiger partial charge in [-0.05, 0) is 30.6 Å². The molecule has 1 fully saturated rings. The van der Waals surface area contributed by atoms with Gasteiger partial charge in [0, 0.05) is 32.1 Å². The Morgan fingerprint density at radius 2 is 2.10 bits per heavy atom. The van der Waals surface area contributed by atoms with Gasteiger partial charge in [0.25, 0.3) is 5.56 Å². The Hall–Kier alpha value is -1.36. The molecule has 1 aliphatic carbocycles. The largest absolute Gasteiger partial charge is 0.396 e. The standard InChI is InChI=1S/C16H27N3O2/c1-12(2)10-19-8-7-17-15(16(19)21)18-9-13-5-3-4-6-14(13)11-20/h7-8,12-14,20H,3-6,9-11H2,1-2H3,(H,17,18). The first-order valence-corrected chi connectivity index (χ1v) is 8.02. The van der Waals surface area contributed by atoms with Crippen LogP contribution in [-0.4, -0.2) is 27.8 Å². The lowest BCUT2D eigenvalue weighted by Gasteiger charge is -2.30. The SMILES string of the molecule is CC(C)Cn1ccnc(NCC2CCCCC2CO)c1=O. The summed E-state index contributed by atoms with van der Waals surface area (Å²) in [5, 5.41) is 12.7. The van der Waals surface area contributed by atoms with E-state index in [1.165, 1.54) is 12.8 Å². The van der Waals surface area contributed by atoms with Crippen LogP contribution in [0.2, 0.25) is 0 Å². The minimum atomic E-state index is -0.0532. The average molecular weight is 293 g/mol. The van der Waals surface area contributed by atoms with Crippen LogP contribution in [0.1, 0.15) is 39.5 Å². The molecule has 2 unspecified atom stereocenters. The summed E-state index contributed by atoms with van der Waals surface area (Å²) >= 11 is 0. The van der Waals surface area contributed by atoms with Crippen LogP contribution >= 0.6 is 0 Å². The van der Waals surface area contributed by atoms with Crippen molar-refractivity contribution in [2.45, 2.75) is 46.1 Å². The van der Waals surface area contributed by atoms with Crippen molar-refractivity contribution < 1.29 is 5.11 Å². The van der Waals surface area contributed by atoms with Gasteiger partial charge in [-0.2, -0.15) is 0 Å². The number of aliphatic hydroxyl groups is 1. The molecular formula is C16H27N3O2. The van der Waals surface area contributed by atoms with Gasteiger partial charge in [-0.1, -0.05) is 26.7 Å². The van der Waals surface area contributed by atoms with Crippen LogP contribution < -0.4 is 10.9 Å². The van der Waals surface area contributed by atoms with E-state index in [1.54, 1.807) is 17.0 Å². The van der Waals surface area contributed by atoms with E-state index in [9.17, 15) is 9.90 Å². The molecule has 1 aliphatic rings. The molecule has 2 rings (SSSR count). The third-order valence-electron chi connectivity index (χ3n) is 4.31. The van der Waals surface area contributed by atoms with E-state index >= 15 is 0 Å². The molecule has 0 bridgehead atoms. The molecule has 118 valence electrons. The summed E-state index contributed by atoms with van der Waals surface area (Å²) in [7, 11) is 0. The van der Waals surface area contributed by atoms with Crippen molar-refractivity contribution in [2.75, 3.05) is 18.5 Å². The number of nitrogens with one attached hydrogen (secondary N) is 1. The summed E-state index contributed by atoms with van der Waals surface area (Å²) in [6.07, 6.45) is 8.03. The van der Waals surface area contributed by atoms with E-state index in [-0.39, 0.29) is 12.2 Å². The second kappa shape index (κ2) is 7.59. The fourth-order valence-electron chi connectivity index (χ4n) is 3.13. The molecule has 0 radical (unpaired) electrons. The molecule has 0 saturated heterocycles. The fourth-order valence-corrected chi connectivity index (χ4v) is 3.13. The van der Waals surface area contributed by atoms with Crippen LogP contribution in [0.15, 0.2) is 17.2 Å². The van der Waals surface area contributed by atoms with Crippen molar-refractivity contribution in [1.29, 1.82) is 0 Å². The van der Waals surface area contributed by atoms with Gasteiger partial charge in [0.15, 0.2) is 5.82 Å². The van der Waals surface area contributed by atoms with Gasteiger partial charge in [0.05, 0.1) is 0 Å². The highest BCUT2D eigenvalue weighted by molar-refractivity contribution is 5.30. The zero-order valence-electron chi connectivity index (χ0n) is 13.1. The number of aromatic nitrogens is 2. The molecule has 0 aromatic carbocycles. The highest BCUT2D eigenvalue weighted by Crippen LogP contribution is 2.29. The Bertz CT molecular complexity index is 499. The summed E-state index contributed by atoms with van der Waals surface area (Å²) in [5.41, 5.74) is -0.0532. The van der Waals surface area contributed by atoms with Gasteiger partial charge in [0.1, 0.15) is 0 Å². The zero-order chi connectivity index (χ0) is 15.2. The highest BCUT2D eigenvalue weighted by atomic mass is 16.3.